The van der Waals surface area contributed by atoms with E-state index < -0.39 is 35.6 Å². The predicted molar refractivity (Wildman–Crippen MR) is 188 cm³/mol. The van der Waals surface area contributed by atoms with E-state index in [2.05, 4.69) is 17.6 Å². The molecule has 0 spiro atoms. The number of esters is 1. The Morgan fingerprint density at radius 2 is 1.39 bits per heavy atom. The third-order valence-electron chi connectivity index (χ3n) is 8.03. The van der Waals surface area contributed by atoms with Crippen molar-refractivity contribution >= 4 is 29.3 Å². The zero-order valence-corrected chi connectivity index (χ0v) is 28.6. The van der Waals surface area contributed by atoms with E-state index in [9.17, 15) is 32.3 Å². The molecule has 4 aromatic rings. The van der Waals surface area contributed by atoms with Gasteiger partial charge < -0.3 is 20.1 Å². The summed E-state index contributed by atoms with van der Waals surface area (Å²) in [5.41, 5.74) is 1.06. The number of Topliss-reactive ketones (excluding diaryl/α,β-unsaturated/α-hetero) is 1. The van der Waals surface area contributed by atoms with Crippen LogP contribution in [0.1, 0.15) is 83.4 Å². The van der Waals surface area contributed by atoms with Crippen LogP contribution in [0.25, 0.3) is 0 Å². The number of anilines is 1. The van der Waals surface area contributed by atoms with E-state index >= 15 is 0 Å². The molecule has 0 aliphatic rings. The van der Waals surface area contributed by atoms with Gasteiger partial charge in [-0.15, -0.1) is 0 Å². The zero-order chi connectivity index (χ0) is 36.8. The Labute approximate surface area is 295 Å². The summed E-state index contributed by atoms with van der Waals surface area (Å²) in [5, 5.41) is 5.33. The maximum Gasteiger partial charge on any atom is 0.416 e. The van der Waals surface area contributed by atoms with Gasteiger partial charge >= 0.3 is 12.1 Å². The van der Waals surface area contributed by atoms with Gasteiger partial charge in [0.2, 0.25) is 5.91 Å². The first-order valence-corrected chi connectivity index (χ1v) is 16.8. The molecule has 0 unspecified atom stereocenters. The van der Waals surface area contributed by atoms with Crippen LogP contribution in [0, 0.1) is 0 Å². The van der Waals surface area contributed by atoms with Gasteiger partial charge in [0.15, 0.2) is 5.78 Å². The summed E-state index contributed by atoms with van der Waals surface area (Å²) in [6.45, 7) is 4.17. The largest absolute Gasteiger partial charge is 0.494 e. The van der Waals surface area contributed by atoms with Crippen molar-refractivity contribution in [1.82, 2.24) is 5.32 Å². The van der Waals surface area contributed by atoms with Crippen molar-refractivity contribution in [3.63, 3.8) is 0 Å². The number of ether oxygens (including phenoxy) is 2. The van der Waals surface area contributed by atoms with E-state index in [1.807, 2.05) is 0 Å². The van der Waals surface area contributed by atoms with Crippen LogP contribution < -0.4 is 20.1 Å². The molecule has 2 amide bonds. The molecular weight excluding hydrogens is 661 g/mol. The van der Waals surface area contributed by atoms with E-state index in [1.54, 1.807) is 48.5 Å². The van der Waals surface area contributed by atoms with Gasteiger partial charge in [0.25, 0.3) is 5.91 Å². The van der Waals surface area contributed by atoms with Crippen LogP contribution in [0.5, 0.6) is 11.5 Å². The van der Waals surface area contributed by atoms with Gasteiger partial charge in [0, 0.05) is 11.3 Å². The summed E-state index contributed by atoms with van der Waals surface area (Å²) >= 11 is 0. The maximum absolute atomic E-state index is 13.0. The lowest BCUT2D eigenvalue weighted by Gasteiger charge is -2.17. The molecule has 0 saturated heterocycles. The van der Waals surface area contributed by atoms with Crippen LogP contribution in [0.15, 0.2) is 97.1 Å². The number of rotatable bonds is 17. The Morgan fingerprint density at radius 1 is 0.745 bits per heavy atom. The fourth-order valence-corrected chi connectivity index (χ4v) is 5.17. The highest BCUT2D eigenvalue weighted by molar-refractivity contribution is 5.98. The number of benzene rings is 4. The first-order valence-electron chi connectivity index (χ1n) is 16.8. The van der Waals surface area contributed by atoms with Crippen LogP contribution in [-0.2, 0) is 28.6 Å². The van der Waals surface area contributed by atoms with Gasteiger partial charge in [-0.25, -0.2) is 4.79 Å². The summed E-state index contributed by atoms with van der Waals surface area (Å²) in [7, 11) is 0. The number of alkyl halides is 3. The van der Waals surface area contributed by atoms with E-state index in [0.29, 0.717) is 29.4 Å². The Balaban J connectivity index is 1.25. The molecule has 51 heavy (non-hydrogen) atoms. The monoisotopic (exact) mass is 702 g/mol. The quantitative estimate of drug-likeness (QED) is 0.0650. The van der Waals surface area contributed by atoms with Crippen LogP contribution >= 0.6 is 0 Å². The van der Waals surface area contributed by atoms with Crippen LogP contribution in [0.3, 0.4) is 0 Å². The molecule has 8 nitrogen and oxygen atoms in total. The minimum absolute atomic E-state index is 0.193. The van der Waals surface area contributed by atoms with Gasteiger partial charge in [-0.2, -0.15) is 13.2 Å². The van der Waals surface area contributed by atoms with Gasteiger partial charge in [-0.05, 0) is 97.6 Å². The van der Waals surface area contributed by atoms with Crippen LogP contribution in [-0.4, -0.2) is 36.2 Å². The molecule has 0 fully saturated rings. The fourth-order valence-electron chi connectivity index (χ4n) is 5.17. The van der Waals surface area contributed by atoms with Crippen molar-refractivity contribution in [3.05, 3.63) is 125 Å². The average molecular weight is 703 g/mol. The summed E-state index contributed by atoms with van der Waals surface area (Å²) in [6.07, 6.45) is 1.14. The second kappa shape index (κ2) is 18.5. The second-order valence-corrected chi connectivity index (χ2v) is 12.2. The number of halogens is 3. The third-order valence-corrected chi connectivity index (χ3v) is 8.03. The van der Waals surface area contributed by atoms with Crippen LogP contribution in [0.4, 0.5) is 18.9 Å². The second-order valence-electron chi connectivity index (χ2n) is 12.2. The first kappa shape index (κ1) is 38.4. The highest BCUT2D eigenvalue weighted by Crippen LogP contribution is 2.29. The lowest BCUT2D eigenvalue weighted by atomic mass is 10.0. The number of amides is 2. The highest BCUT2D eigenvalue weighted by atomic mass is 19.4. The Morgan fingerprint density at radius 3 is 2.04 bits per heavy atom. The molecule has 4 aromatic carbocycles. The molecular formula is C40H41F3N2O6. The van der Waals surface area contributed by atoms with Crippen molar-refractivity contribution in [2.45, 2.75) is 71.0 Å². The van der Waals surface area contributed by atoms with Crippen molar-refractivity contribution in [1.29, 1.82) is 0 Å². The number of hydrogen-bond acceptors (Lipinski definition) is 6. The van der Waals surface area contributed by atoms with Crippen molar-refractivity contribution in [2.24, 2.45) is 0 Å². The van der Waals surface area contributed by atoms with Crippen LogP contribution in [0.2, 0.25) is 0 Å². The van der Waals surface area contributed by atoms with Gasteiger partial charge in [0.05, 0.1) is 30.2 Å². The number of ketones is 1. The Bertz CT molecular complexity index is 1770. The van der Waals surface area contributed by atoms with Crippen molar-refractivity contribution < 1.29 is 41.8 Å². The smallest absolute Gasteiger partial charge is 0.416 e. The summed E-state index contributed by atoms with van der Waals surface area (Å²) < 4.78 is 50.2. The molecule has 1 atom stereocenters. The van der Waals surface area contributed by atoms with Crippen molar-refractivity contribution in [3.8, 4) is 11.5 Å². The number of carbonyl (C=O) groups is 4. The van der Waals surface area contributed by atoms with E-state index in [-0.39, 0.29) is 29.8 Å². The molecule has 0 aromatic heterocycles. The normalized spacial score (nSPS) is 11.7. The average Bonchev–Trinajstić information content (AvgIpc) is 3.10. The SMILES string of the molecule is CCCCCCCOc1ccc(C(=O)Oc2ccc(C[C@H](NC(=O)c3ccc(NC(=O)Cc4cccc(C(F)(F)F)c4)cc3)C(C)=O)cc2)cc1. The molecule has 11 heteroatoms. The maximum atomic E-state index is 13.0. The third kappa shape index (κ3) is 12.4. The number of nitrogens with one attached hydrogen (secondary N) is 2. The molecule has 0 saturated carbocycles. The molecule has 0 heterocycles. The lowest BCUT2D eigenvalue weighted by molar-refractivity contribution is -0.137. The minimum Gasteiger partial charge on any atom is -0.494 e. The summed E-state index contributed by atoms with van der Waals surface area (Å²) in [5.74, 6) is -0.806. The van der Waals surface area contributed by atoms with Gasteiger partial charge in [0.1, 0.15) is 11.5 Å². The van der Waals surface area contributed by atoms with E-state index in [0.717, 1.165) is 30.5 Å². The molecule has 2 N–H and O–H groups in total. The number of hydrogen-bond donors (Lipinski definition) is 2. The zero-order valence-electron chi connectivity index (χ0n) is 28.6. The summed E-state index contributed by atoms with van der Waals surface area (Å²) in [6, 6.07) is 23.0. The standard InChI is InChI=1S/C40H41F3N2O6/c1-3-4-5-6-7-23-50-34-21-15-31(16-22-34)39(49)51-35-19-11-28(12-20-35)25-36(27(2)46)45-38(48)30-13-17-33(18-14-30)44-37(47)26-29-9-8-10-32(24-29)40(41,42)43/h8-22,24,36H,3-7,23,25-26H2,1-2H3,(H,44,47)(H,45,48)/t36-/m0/s1. The highest BCUT2D eigenvalue weighted by Gasteiger charge is 2.30. The topological polar surface area (TPSA) is 111 Å². The Kier molecular flexibility index (Phi) is 13.9. The molecule has 0 radical (unpaired) electrons. The molecule has 268 valence electrons. The number of unbranched alkanes of at least 4 members (excludes halogenated alkanes) is 4. The number of carbonyl (C=O) groups excluding carboxylic acids is 4. The minimum atomic E-state index is -4.51. The summed E-state index contributed by atoms with van der Waals surface area (Å²) in [4.78, 5) is 50.5. The van der Waals surface area contributed by atoms with Crippen molar-refractivity contribution in [2.75, 3.05) is 11.9 Å². The molecule has 4 rings (SSSR count). The van der Waals surface area contributed by atoms with Gasteiger partial charge in [-0.3, -0.25) is 14.4 Å². The molecule has 0 aliphatic carbocycles. The first-order chi connectivity index (χ1) is 24.4. The molecule has 0 bridgehead atoms. The van der Waals surface area contributed by atoms with Gasteiger partial charge in [-0.1, -0.05) is 62.9 Å². The molecule has 0 aliphatic heterocycles. The predicted octanol–water partition coefficient (Wildman–Crippen LogP) is 8.39. The Hall–Kier alpha value is -5.45. The lowest BCUT2D eigenvalue weighted by Crippen LogP contribution is -2.41. The van der Waals surface area contributed by atoms with E-state index in [1.165, 1.54) is 62.6 Å². The van der Waals surface area contributed by atoms with E-state index in [4.69, 9.17) is 9.47 Å². The fraction of sp³-hybridized carbons (Fsp3) is 0.300.